The van der Waals surface area contributed by atoms with Gasteiger partial charge in [-0.2, -0.15) is 0 Å². The number of rotatable bonds is 2. The van der Waals surface area contributed by atoms with E-state index in [1.807, 2.05) is 12.1 Å². The van der Waals surface area contributed by atoms with E-state index in [1.54, 1.807) is 6.08 Å². The SMILES string of the molecule is C=c1cccc(CC)/c1=C/C=N. The van der Waals surface area contributed by atoms with Gasteiger partial charge in [0.25, 0.3) is 0 Å². The third-order valence-corrected chi connectivity index (χ3v) is 1.92. The van der Waals surface area contributed by atoms with Crippen molar-refractivity contribution in [1.29, 1.82) is 5.41 Å². The molecule has 0 aliphatic rings. The average Bonchev–Trinajstić information content (AvgIpc) is 2.09. The molecule has 1 aromatic carbocycles. The lowest BCUT2D eigenvalue weighted by atomic mass is 10.1. The summed E-state index contributed by atoms with van der Waals surface area (Å²) in [5.41, 5.74) is 1.26. The van der Waals surface area contributed by atoms with E-state index < -0.39 is 0 Å². The van der Waals surface area contributed by atoms with E-state index in [0.29, 0.717) is 0 Å². The zero-order chi connectivity index (χ0) is 8.97. The fraction of sp³-hybridized carbons (Fsp3) is 0.182. The van der Waals surface area contributed by atoms with Gasteiger partial charge in [-0.3, -0.25) is 0 Å². The van der Waals surface area contributed by atoms with Crippen molar-refractivity contribution in [3.8, 4) is 0 Å². The van der Waals surface area contributed by atoms with Gasteiger partial charge in [0.1, 0.15) is 0 Å². The Kier molecular flexibility index (Phi) is 2.81. The van der Waals surface area contributed by atoms with E-state index in [0.717, 1.165) is 16.9 Å². The standard InChI is InChI=1S/C11H13N/c1-3-10-6-4-5-9(2)11(10)7-8-12/h4-8,12H,2-3H2,1H3/b11-7+,12-8?. The van der Waals surface area contributed by atoms with Crippen molar-refractivity contribution in [2.45, 2.75) is 13.3 Å². The second-order valence-corrected chi connectivity index (χ2v) is 2.68. The molecule has 1 N–H and O–H groups in total. The molecular formula is C11H13N. The van der Waals surface area contributed by atoms with Crippen LogP contribution < -0.4 is 10.4 Å². The van der Waals surface area contributed by atoms with Gasteiger partial charge in [0.2, 0.25) is 0 Å². The van der Waals surface area contributed by atoms with Crippen LogP contribution in [-0.2, 0) is 6.42 Å². The molecule has 0 spiro atoms. The lowest BCUT2D eigenvalue weighted by molar-refractivity contribution is 1.12. The van der Waals surface area contributed by atoms with Crippen LogP contribution in [-0.4, -0.2) is 6.21 Å². The number of aryl methyl sites for hydroxylation is 1. The Balaban J connectivity index is 3.51. The van der Waals surface area contributed by atoms with Crippen LogP contribution in [0.15, 0.2) is 18.2 Å². The lowest BCUT2D eigenvalue weighted by Gasteiger charge is -1.96. The molecule has 0 heterocycles. The maximum Gasteiger partial charge on any atom is 0.0184 e. The number of hydrogen-bond acceptors (Lipinski definition) is 1. The van der Waals surface area contributed by atoms with Crippen molar-refractivity contribution < 1.29 is 0 Å². The first-order valence-electron chi connectivity index (χ1n) is 4.07. The first kappa shape index (κ1) is 8.72. The van der Waals surface area contributed by atoms with Crippen LogP contribution >= 0.6 is 0 Å². The van der Waals surface area contributed by atoms with Crippen LogP contribution in [0.4, 0.5) is 0 Å². The highest BCUT2D eigenvalue weighted by atomic mass is 14.3. The number of benzene rings is 1. The molecule has 1 aromatic rings. The van der Waals surface area contributed by atoms with Crippen molar-refractivity contribution in [3.63, 3.8) is 0 Å². The maximum atomic E-state index is 7.00. The van der Waals surface area contributed by atoms with Gasteiger partial charge in [-0.25, -0.2) is 0 Å². The Labute approximate surface area is 72.6 Å². The van der Waals surface area contributed by atoms with Gasteiger partial charge in [0, 0.05) is 6.21 Å². The first-order valence-corrected chi connectivity index (χ1v) is 4.07. The molecule has 0 saturated carbocycles. The average molecular weight is 159 g/mol. The second-order valence-electron chi connectivity index (χ2n) is 2.68. The Hall–Kier alpha value is -1.37. The minimum atomic E-state index is 0.989. The van der Waals surface area contributed by atoms with Crippen molar-refractivity contribution in [2.24, 2.45) is 0 Å². The van der Waals surface area contributed by atoms with E-state index in [1.165, 1.54) is 11.8 Å². The summed E-state index contributed by atoms with van der Waals surface area (Å²) in [7, 11) is 0. The summed E-state index contributed by atoms with van der Waals surface area (Å²) in [6, 6.07) is 6.04. The molecular weight excluding hydrogens is 146 g/mol. The maximum absolute atomic E-state index is 7.00. The Morgan fingerprint density at radius 1 is 1.50 bits per heavy atom. The molecule has 0 aliphatic carbocycles. The highest BCUT2D eigenvalue weighted by Crippen LogP contribution is 1.88. The molecule has 62 valence electrons. The molecule has 0 atom stereocenters. The highest BCUT2D eigenvalue weighted by Gasteiger charge is 1.90. The third kappa shape index (κ3) is 1.62. The van der Waals surface area contributed by atoms with E-state index in [-0.39, 0.29) is 0 Å². The van der Waals surface area contributed by atoms with Crippen molar-refractivity contribution in [2.75, 3.05) is 0 Å². The first-order chi connectivity index (χ1) is 5.79. The van der Waals surface area contributed by atoms with Crippen LogP contribution in [0.25, 0.3) is 12.7 Å². The van der Waals surface area contributed by atoms with E-state index in [2.05, 4.69) is 19.6 Å². The topological polar surface area (TPSA) is 23.9 Å². The van der Waals surface area contributed by atoms with Gasteiger partial charge in [-0.15, -0.1) is 0 Å². The fourth-order valence-electron chi connectivity index (χ4n) is 1.27. The highest BCUT2D eigenvalue weighted by molar-refractivity contribution is 5.88. The zero-order valence-electron chi connectivity index (χ0n) is 7.30. The molecule has 0 bridgehead atoms. The van der Waals surface area contributed by atoms with Crippen LogP contribution in [0.5, 0.6) is 0 Å². The summed E-state index contributed by atoms with van der Waals surface area (Å²) in [4.78, 5) is 0. The normalized spacial score (nSPS) is 11.6. The number of hydrogen-bond donors (Lipinski definition) is 1. The Bertz CT molecular complexity index is 376. The molecule has 1 rings (SSSR count). The van der Waals surface area contributed by atoms with Crippen molar-refractivity contribution in [3.05, 3.63) is 34.2 Å². The van der Waals surface area contributed by atoms with Gasteiger partial charge in [0.15, 0.2) is 0 Å². The largest absolute Gasteiger partial charge is 0.309 e. The summed E-state index contributed by atoms with van der Waals surface area (Å²) < 4.78 is 0. The molecule has 0 aromatic heterocycles. The summed E-state index contributed by atoms with van der Waals surface area (Å²) >= 11 is 0. The van der Waals surface area contributed by atoms with Crippen LogP contribution in [0.1, 0.15) is 12.5 Å². The van der Waals surface area contributed by atoms with Gasteiger partial charge in [-0.1, -0.05) is 31.7 Å². The summed E-state index contributed by atoms with van der Waals surface area (Å²) in [5, 5.41) is 9.09. The fourth-order valence-corrected chi connectivity index (χ4v) is 1.27. The molecule has 12 heavy (non-hydrogen) atoms. The minimum Gasteiger partial charge on any atom is -0.309 e. The lowest BCUT2D eigenvalue weighted by Crippen LogP contribution is -2.26. The predicted molar refractivity (Wildman–Crippen MR) is 53.8 cm³/mol. The van der Waals surface area contributed by atoms with Crippen LogP contribution in [0, 0.1) is 5.41 Å². The minimum absolute atomic E-state index is 0.989. The molecule has 0 amide bonds. The summed E-state index contributed by atoms with van der Waals surface area (Å²) in [6.07, 6.45) is 4.09. The predicted octanol–water partition coefficient (Wildman–Crippen LogP) is 1.09. The van der Waals surface area contributed by atoms with E-state index in [4.69, 9.17) is 5.41 Å². The molecule has 0 saturated heterocycles. The summed E-state index contributed by atoms with van der Waals surface area (Å²) in [5.74, 6) is 0. The molecule has 0 fully saturated rings. The zero-order valence-corrected chi connectivity index (χ0v) is 7.30. The number of nitrogens with one attached hydrogen (secondary N) is 1. The van der Waals surface area contributed by atoms with Gasteiger partial charge in [0.05, 0.1) is 0 Å². The quantitative estimate of drug-likeness (QED) is 0.625. The molecule has 1 heteroatoms. The Morgan fingerprint density at radius 3 is 2.83 bits per heavy atom. The van der Waals surface area contributed by atoms with Gasteiger partial charge < -0.3 is 5.41 Å². The Morgan fingerprint density at radius 2 is 2.25 bits per heavy atom. The van der Waals surface area contributed by atoms with Crippen LogP contribution in [0.2, 0.25) is 0 Å². The third-order valence-electron chi connectivity index (χ3n) is 1.92. The van der Waals surface area contributed by atoms with Crippen LogP contribution in [0.3, 0.4) is 0 Å². The van der Waals surface area contributed by atoms with Gasteiger partial charge >= 0.3 is 0 Å². The molecule has 1 nitrogen and oxygen atoms in total. The van der Waals surface area contributed by atoms with Crippen molar-refractivity contribution >= 4 is 18.9 Å². The molecule has 0 unspecified atom stereocenters. The van der Waals surface area contributed by atoms with Crippen molar-refractivity contribution in [1.82, 2.24) is 0 Å². The smallest absolute Gasteiger partial charge is 0.0184 e. The second kappa shape index (κ2) is 3.86. The molecule has 0 radical (unpaired) electrons. The van der Waals surface area contributed by atoms with E-state index >= 15 is 0 Å². The molecule has 0 aliphatic heterocycles. The monoisotopic (exact) mass is 159 g/mol. The van der Waals surface area contributed by atoms with E-state index in [9.17, 15) is 0 Å². The van der Waals surface area contributed by atoms with Gasteiger partial charge in [-0.05, 0) is 28.5 Å². The summed E-state index contributed by atoms with van der Waals surface area (Å²) in [6.45, 7) is 6.02.